The Bertz CT molecular complexity index is 1220. The van der Waals surface area contributed by atoms with Crippen LogP contribution < -0.4 is 0 Å². The molecule has 4 aromatic rings. The van der Waals surface area contributed by atoms with Gasteiger partial charge in [0, 0.05) is 41.1 Å². The molecule has 0 bridgehead atoms. The van der Waals surface area contributed by atoms with Crippen LogP contribution >= 0.6 is 22.7 Å². The van der Waals surface area contributed by atoms with Gasteiger partial charge in [-0.15, -0.1) is 22.7 Å². The predicted octanol–water partition coefficient (Wildman–Crippen LogP) is 5.99. The molecule has 0 radical (unpaired) electrons. The minimum Gasteiger partial charge on any atom is -0.465 e. The maximum atomic E-state index is 13.1. The second-order valence-electron chi connectivity index (χ2n) is 6.79. The summed E-state index contributed by atoms with van der Waals surface area (Å²) in [6.45, 7) is 3.91. The highest BCUT2D eigenvalue weighted by atomic mass is 32.1. The van der Waals surface area contributed by atoms with Gasteiger partial charge in [0.15, 0.2) is 0 Å². The molecule has 6 heteroatoms. The molecule has 152 valence electrons. The van der Waals surface area contributed by atoms with Gasteiger partial charge in [0.1, 0.15) is 0 Å². The number of hydrogen-bond donors (Lipinski definition) is 0. The molecule has 30 heavy (non-hydrogen) atoms. The molecule has 4 rings (SSSR count). The highest BCUT2D eigenvalue weighted by Crippen LogP contribution is 2.43. The molecule has 0 aliphatic rings. The molecular weight excluding hydrogens is 416 g/mol. The molecule has 2 aromatic carbocycles. The minimum atomic E-state index is -0.559. The van der Waals surface area contributed by atoms with Crippen LogP contribution in [0.5, 0.6) is 0 Å². The molecule has 0 atom stereocenters. The molecule has 0 spiro atoms. The van der Waals surface area contributed by atoms with Crippen molar-refractivity contribution in [2.24, 2.45) is 0 Å². The summed E-state index contributed by atoms with van der Waals surface area (Å²) in [4.78, 5) is 28.1. The second-order valence-corrected chi connectivity index (χ2v) is 9.30. The van der Waals surface area contributed by atoms with Gasteiger partial charge < -0.3 is 9.47 Å². The number of thiophene rings is 2. The molecule has 2 heterocycles. The highest BCUT2D eigenvalue weighted by molar-refractivity contribution is 7.19. The molecule has 2 aromatic heterocycles. The van der Waals surface area contributed by atoms with Crippen LogP contribution in [0.3, 0.4) is 0 Å². The third-order valence-corrected chi connectivity index (χ3v) is 7.24. The van der Waals surface area contributed by atoms with Crippen molar-refractivity contribution in [2.45, 2.75) is 13.8 Å². The second kappa shape index (κ2) is 8.05. The van der Waals surface area contributed by atoms with Crippen molar-refractivity contribution >= 4 is 65.9 Å². The van der Waals surface area contributed by atoms with Gasteiger partial charge in [0.2, 0.25) is 0 Å². The first-order valence-corrected chi connectivity index (χ1v) is 11.0. The van der Waals surface area contributed by atoms with Crippen molar-refractivity contribution in [3.8, 4) is 0 Å². The van der Waals surface area contributed by atoms with Crippen LogP contribution in [0, 0.1) is 13.8 Å². The van der Waals surface area contributed by atoms with Gasteiger partial charge in [-0.2, -0.15) is 0 Å². The summed E-state index contributed by atoms with van der Waals surface area (Å²) in [6, 6.07) is 15.7. The molecule has 0 fully saturated rings. The maximum absolute atomic E-state index is 13.1. The van der Waals surface area contributed by atoms with Crippen LogP contribution in [-0.4, -0.2) is 26.2 Å². The summed E-state index contributed by atoms with van der Waals surface area (Å²) in [5.41, 5.74) is 1.92. The maximum Gasteiger partial charge on any atom is 0.339 e. The van der Waals surface area contributed by atoms with Crippen LogP contribution in [0.15, 0.2) is 48.5 Å². The van der Waals surface area contributed by atoms with E-state index >= 15 is 0 Å². The van der Waals surface area contributed by atoms with E-state index in [-0.39, 0.29) is 11.1 Å². The third-order valence-electron chi connectivity index (χ3n) is 5.07. The van der Waals surface area contributed by atoms with Crippen LogP contribution in [-0.2, 0) is 19.1 Å². The fourth-order valence-electron chi connectivity index (χ4n) is 3.82. The van der Waals surface area contributed by atoms with Crippen LogP contribution in [0.4, 0.5) is 0 Å². The van der Waals surface area contributed by atoms with Crippen molar-refractivity contribution in [1.29, 1.82) is 0 Å². The fraction of sp³-hybridized carbons (Fsp3) is 0.167. The van der Waals surface area contributed by atoms with Crippen molar-refractivity contribution in [2.75, 3.05) is 14.2 Å². The fourth-order valence-corrected chi connectivity index (χ4v) is 5.96. The van der Waals surface area contributed by atoms with E-state index in [0.717, 1.165) is 41.1 Å². The molecule has 0 aliphatic heterocycles. The number of ether oxygens (including phenoxy) is 2. The lowest BCUT2D eigenvalue weighted by atomic mass is 9.91. The number of esters is 2. The molecule has 0 saturated heterocycles. The average molecular weight is 437 g/mol. The van der Waals surface area contributed by atoms with Crippen LogP contribution in [0.2, 0.25) is 0 Å². The summed E-state index contributed by atoms with van der Waals surface area (Å²) in [7, 11) is 2.67. The Kier molecular flexibility index (Phi) is 5.45. The Hall–Kier alpha value is -2.96. The lowest BCUT2D eigenvalue weighted by molar-refractivity contribution is -0.135. The van der Waals surface area contributed by atoms with Crippen LogP contribution in [0.1, 0.15) is 20.9 Å². The third kappa shape index (κ3) is 3.22. The smallest absolute Gasteiger partial charge is 0.339 e. The molecule has 4 nitrogen and oxygen atoms in total. The van der Waals surface area contributed by atoms with Gasteiger partial charge in [0.25, 0.3) is 0 Å². The molecule has 0 N–H and O–H groups in total. The predicted molar refractivity (Wildman–Crippen MR) is 124 cm³/mol. The largest absolute Gasteiger partial charge is 0.465 e. The summed E-state index contributed by atoms with van der Waals surface area (Å²) in [6.07, 6.45) is 0. The van der Waals surface area contributed by atoms with E-state index in [9.17, 15) is 9.59 Å². The lowest BCUT2D eigenvalue weighted by Gasteiger charge is -2.14. The summed E-state index contributed by atoms with van der Waals surface area (Å²) < 4.78 is 12.4. The summed E-state index contributed by atoms with van der Waals surface area (Å²) in [5.74, 6) is -1.12. The van der Waals surface area contributed by atoms with Gasteiger partial charge in [-0.05, 0) is 26.0 Å². The molecule has 0 saturated carbocycles. The zero-order valence-corrected chi connectivity index (χ0v) is 18.7. The Labute approximate surface area is 182 Å². The van der Waals surface area contributed by atoms with Gasteiger partial charge in [-0.3, -0.25) is 0 Å². The van der Waals surface area contributed by atoms with Crippen LogP contribution in [0.25, 0.3) is 31.3 Å². The number of methoxy groups -OCH3 is 2. The Morgan fingerprint density at radius 2 is 1.03 bits per heavy atom. The first-order valence-electron chi connectivity index (χ1n) is 9.35. The molecular formula is C24H20O4S2. The van der Waals surface area contributed by atoms with E-state index in [0.29, 0.717) is 0 Å². The minimum absolute atomic E-state index is 0.242. The monoisotopic (exact) mass is 436 g/mol. The number of hydrogen-bond acceptors (Lipinski definition) is 6. The Morgan fingerprint density at radius 3 is 1.40 bits per heavy atom. The van der Waals surface area contributed by atoms with E-state index in [1.165, 1.54) is 14.2 Å². The number of fused-ring (bicyclic) bond motifs is 2. The van der Waals surface area contributed by atoms with E-state index < -0.39 is 11.9 Å². The average Bonchev–Trinajstić information content (AvgIpc) is 3.26. The van der Waals surface area contributed by atoms with Gasteiger partial charge in [-0.25, -0.2) is 9.59 Å². The van der Waals surface area contributed by atoms with Crippen molar-refractivity contribution in [1.82, 2.24) is 0 Å². The van der Waals surface area contributed by atoms with Crippen molar-refractivity contribution in [3.05, 3.63) is 69.4 Å². The number of benzene rings is 2. The highest BCUT2D eigenvalue weighted by Gasteiger charge is 2.31. The molecule has 0 aliphatic carbocycles. The standard InChI is InChI=1S/C24H20O4S2/c1-13-19(15-9-5-7-11-17(15)29-13)21(23(25)27-3)22(24(26)28-4)20-14(2)30-18-12-8-6-10-16(18)20/h5-12H,1-4H3. The zero-order chi connectivity index (χ0) is 21.4. The molecule has 0 unspecified atom stereocenters. The quantitative estimate of drug-likeness (QED) is 0.291. The van der Waals surface area contributed by atoms with Crippen molar-refractivity contribution < 1.29 is 19.1 Å². The number of carbonyl (C=O) groups excluding carboxylic acids is 2. The van der Waals surface area contributed by atoms with E-state index in [1.54, 1.807) is 22.7 Å². The summed E-state index contributed by atoms with van der Waals surface area (Å²) in [5, 5.41) is 1.83. The van der Waals surface area contributed by atoms with E-state index in [2.05, 4.69) is 0 Å². The lowest BCUT2D eigenvalue weighted by Crippen LogP contribution is -2.14. The zero-order valence-electron chi connectivity index (χ0n) is 17.1. The number of aryl methyl sites for hydroxylation is 2. The summed E-state index contributed by atoms with van der Waals surface area (Å²) >= 11 is 3.17. The topological polar surface area (TPSA) is 52.6 Å². The Morgan fingerprint density at radius 1 is 0.667 bits per heavy atom. The van der Waals surface area contributed by atoms with Gasteiger partial charge in [-0.1, -0.05) is 36.4 Å². The first-order chi connectivity index (χ1) is 14.5. The van der Waals surface area contributed by atoms with E-state index in [1.807, 2.05) is 62.4 Å². The Balaban J connectivity index is 2.19. The first kappa shape index (κ1) is 20.3. The molecule has 0 amide bonds. The number of carbonyl (C=O) groups is 2. The van der Waals surface area contributed by atoms with Gasteiger partial charge in [0.05, 0.1) is 25.4 Å². The normalized spacial score (nSPS) is 12.1. The SMILES string of the molecule is COC(=O)C(=C(C(=O)OC)c1c(C)sc2ccccc12)c1c(C)sc2ccccc12. The van der Waals surface area contributed by atoms with Gasteiger partial charge >= 0.3 is 11.9 Å². The number of rotatable bonds is 4. The van der Waals surface area contributed by atoms with E-state index in [4.69, 9.17) is 9.47 Å². The van der Waals surface area contributed by atoms with Crippen molar-refractivity contribution in [3.63, 3.8) is 0 Å².